The van der Waals surface area contributed by atoms with Gasteiger partial charge in [0.2, 0.25) is 12.3 Å². The van der Waals surface area contributed by atoms with Crippen LogP contribution < -0.4 is 10.2 Å². The topological polar surface area (TPSA) is 102 Å². The molecule has 2 amide bonds. The highest BCUT2D eigenvalue weighted by Gasteiger charge is 2.27. The molecule has 1 aromatic heterocycles. The molecule has 1 fully saturated rings. The largest absolute Gasteiger partial charge is 0.356 e. The highest BCUT2D eigenvalue weighted by Crippen LogP contribution is 2.30. The molecule has 0 spiro atoms. The van der Waals surface area contributed by atoms with Gasteiger partial charge in [0.1, 0.15) is 11.5 Å². The lowest BCUT2D eigenvalue weighted by atomic mass is 9.92. The molecule has 1 aliphatic carbocycles. The van der Waals surface area contributed by atoms with Crippen LogP contribution >= 0.6 is 0 Å². The number of aryl methyl sites for hydroxylation is 1. The van der Waals surface area contributed by atoms with Gasteiger partial charge in [-0.2, -0.15) is 0 Å². The van der Waals surface area contributed by atoms with Crippen molar-refractivity contribution in [2.45, 2.75) is 52.0 Å². The van der Waals surface area contributed by atoms with Gasteiger partial charge in [-0.15, -0.1) is 0 Å². The minimum atomic E-state index is -0.564. The van der Waals surface area contributed by atoms with E-state index in [4.69, 9.17) is 0 Å². The second kappa shape index (κ2) is 12.6. The predicted octanol–water partition coefficient (Wildman–Crippen LogP) is 1.84. The minimum Gasteiger partial charge on any atom is -0.356 e. The van der Waals surface area contributed by atoms with Gasteiger partial charge >= 0.3 is 0 Å². The molecular weight excluding hydrogens is 415 g/mol. The first-order valence-electron chi connectivity index (χ1n) is 11.3. The van der Waals surface area contributed by atoms with E-state index in [0.717, 1.165) is 32.2 Å². The number of carbonyl (C=O) groups excluding carboxylic acids is 2. The molecule has 0 bridgehead atoms. The van der Waals surface area contributed by atoms with Crippen LogP contribution in [0.2, 0.25) is 0 Å². The fourth-order valence-corrected chi connectivity index (χ4v) is 4.01. The monoisotopic (exact) mass is 452 g/mol. The van der Waals surface area contributed by atoms with Crippen molar-refractivity contribution in [3.05, 3.63) is 17.3 Å². The molecular formula is C22H37FN6O3. The van der Waals surface area contributed by atoms with Gasteiger partial charge in [0, 0.05) is 26.6 Å². The first-order valence-corrected chi connectivity index (χ1v) is 11.3. The average Bonchev–Trinajstić information content (AvgIpc) is 3.29. The number of halogens is 1. The van der Waals surface area contributed by atoms with Crippen molar-refractivity contribution in [1.29, 1.82) is 0 Å². The average molecular weight is 453 g/mol. The van der Waals surface area contributed by atoms with Crippen molar-refractivity contribution in [1.82, 2.24) is 25.2 Å². The zero-order valence-electron chi connectivity index (χ0n) is 19.7. The number of nitrogens with zero attached hydrogens (tertiary/aromatic N) is 5. The van der Waals surface area contributed by atoms with E-state index in [0.29, 0.717) is 42.6 Å². The normalized spacial score (nSPS) is 15.1. The molecule has 32 heavy (non-hydrogen) atoms. The van der Waals surface area contributed by atoms with Crippen LogP contribution in [-0.2, 0) is 22.6 Å². The van der Waals surface area contributed by atoms with Gasteiger partial charge in [0.15, 0.2) is 11.6 Å². The van der Waals surface area contributed by atoms with E-state index >= 15 is 4.39 Å². The molecule has 10 heteroatoms. The van der Waals surface area contributed by atoms with Crippen molar-refractivity contribution in [2.24, 2.45) is 11.8 Å². The molecule has 0 aromatic carbocycles. The number of carbonyl (C=O) groups is 2. The van der Waals surface area contributed by atoms with Crippen LogP contribution in [-0.4, -0.2) is 78.2 Å². The fourth-order valence-electron chi connectivity index (χ4n) is 4.01. The third-order valence-corrected chi connectivity index (χ3v) is 5.93. The lowest BCUT2D eigenvalue weighted by Gasteiger charge is -2.23. The number of hydrogen-bond acceptors (Lipinski definition) is 7. The van der Waals surface area contributed by atoms with Gasteiger partial charge in [-0.05, 0) is 26.4 Å². The highest BCUT2D eigenvalue weighted by atomic mass is 19.1. The Labute approximate surface area is 190 Å². The van der Waals surface area contributed by atoms with Crippen LogP contribution in [0.15, 0.2) is 0 Å². The van der Waals surface area contributed by atoms with Gasteiger partial charge in [-0.1, -0.05) is 32.6 Å². The Morgan fingerprint density at radius 2 is 1.94 bits per heavy atom. The Morgan fingerprint density at radius 3 is 2.53 bits per heavy atom. The zero-order valence-corrected chi connectivity index (χ0v) is 19.7. The summed E-state index contributed by atoms with van der Waals surface area (Å²) in [5.74, 6) is -0.319. The van der Waals surface area contributed by atoms with Crippen molar-refractivity contribution < 1.29 is 19.2 Å². The summed E-state index contributed by atoms with van der Waals surface area (Å²) in [6.07, 6.45) is 5.76. The molecule has 180 valence electrons. The lowest BCUT2D eigenvalue weighted by molar-refractivity contribution is -0.155. The van der Waals surface area contributed by atoms with Gasteiger partial charge in [-0.25, -0.2) is 19.4 Å². The van der Waals surface area contributed by atoms with Crippen LogP contribution in [0.25, 0.3) is 0 Å². The van der Waals surface area contributed by atoms with E-state index in [1.165, 1.54) is 0 Å². The number of hydroxylamine groups is 2. The molecule has 9 nitrogen and oxygen atoms in total. The molecule has 0 unspecified atom stereocenters. The van der Waals surface area contributed by atoms with E-state index in [-0.39, 0.29) is 30.5 Å². The van der Waals surface area contributed by atoms with Gasteiger partial charge in [0.25, 0.3) is 0 Å². The Hall–Kier alpha value is -2.33. The summed E-state index contributed by atoms with van der Waals surface area (Å²) in [4.78, 5) is 36.1. The minimum absolute atomic E-state index is 0.0810. The number of amides is 2. The second-order valence-electron chi connectivity index (χ2n) is 8.83. The molecule has 1 aromatic rings. The summed E-state index contributed by atoms with van der Waals surface area (Å²) in [5.41, 5.74) is 0.132. The number of rotatable bonds is 13. The number of likely N-dealkylation sites (N-methyl/N-ethyl adjacent to an activating group) is 2. The Balaban J connectivity index is 2.12. The summed E-state index contributed by atoms with van der Waals surface area (Å²) >= 11 is 0. The zero-order chi connectivity index (χ0) is 23.7. The molecule has 1 heterocycles. The maximum absolute atomic E-state index is 15.2. The summed E-state index contributed by atoms with van der Waals surface area (Å²) < 4.78 is 15.2. The predicted molar refractivity (Wildman–Crippen MR) is 120 cm³/mol. The second-order valence-corrected chi connectivity index (χ2v) is 8.83. The lowest BCUT2D eigenvalue weighted by Crippen LogP contribution is -2.38. The highest BCUT2D eigenvalue weighted by molar-refractivity contribution is 5.79. The van der Waals surface area contributed by atoms with Crippen LogP contribution in [0.5, 0.6) is 0 Å². The van der Waals surface area contributed by atoms with Crippen molar-refractivity contribution in [3.63, 3.8) is 0 Å². The molecule has 1 atom stereocenters. The summed E-state index contributed by atoms with van der Waals surface area (Å²) in [6.45, 7) is 3.06. The Bertz CT molecular complexity index is 757. The van der Waals surface area contributed by atoms with E-state index in [2.05, 4.69) is 15.3 Å². The van der Waals surface area contributed by atoms with Crippen LogP contribution in [0.4, 0.5) is 10.2 Å². The number of aromatic nitrogens is 2. The summed E-state index contributed by atoms with van der Waals surface area (Å²) in [7, 11) is 5.68. The first kappa shape index (κ1) is 25.9. The Kier molecular flexibility index (Phi) is 10.2. The quantitative estimate of drug-likeness (QED) is 0.267. The van der Waals surface area contributed by atoms with Crippen molar-refractivity contribution in [2.75, 3.05) is 45.7 Å². The third kappa shape index (κ3) is 7.67. The molecule has 1 aliphatic rings. The summed E-state index contributed by atoms with van der Waals surface area (Å²) in [6, 6.07) is 0. The molecule has 2 N–H and O–H groups in total. The van der Waals surface area contributed by atoms with E-state index in [1.54, 1.807) is 11.9 Å². The van der Waals surface area contributed by atoms with Crippen LogP contribution in [0.3, 0.4) is 0 Å². The van der Waals surface area contributed by atoms with Gasteiger partial charge < -0.3 is 15.1 Å². The number of nitrogens with one attached hydrogen (secondary N) is 1. The van der Waals surface area contributed by atoms with E-state index < -0.39 is 11.7 Å². The maximum atomic E-state index is 15.2. The number of hydrogen-bond donors (Lipinski definition) is 2. The first-order chi connectivity index (χ1) is 15.2. The number of anilines is 1. The molecule has 0 aliphatic heterocycles. The summed E-state index contributed by atoms with van der Waals surface area (Å²) in [5, 5.41) is 12.9. The smallest absolute Gasteiger partial charge is 0.233 e. The molecule has 2 rings (SSSR count). The molecule has 1 saturated carbocycles. The Morgan fingerprint density at radius 1 is 1.25 bits per heavy atom. The maximum Gasteiger partial charge on any atom is 0.233 e. The van der Waals surface area contributed by atoms with Crippen LogP contribution in [0, 0.1) is 17.7 Å². The SMILES string of the molecule is CCc1nc(CNC(=O)[C@H](CC2CCCC2)CN(O)C=O)c(F)c(N(C)CCN(C)C)n1. The van der Waals surface area contributed by atoms with Gasteiger partial charge in [0.05, 0.1) is 19.0 Å². The van der Waals surface area contributed by atoms with Gasteiger partial charge in [-0.3, -0.25) is 14.8 Å². The molecule has 0 saturated heterocycles. The van der Waals surface area contributed by atoms with Crippen molar-refractivity contribution >= 4 is 18.1 Å². The van der Waals surface area contributed by atoms with E-state index in [9.17, 15) is 14.8 Å². The van der Waals surface area contributed by atoms with E-state index in [1.807, 2.05) is 25.9 Å². The van der Waals surface area contributed by atoms with Crippen molar-refractivity contribution in [3.8, 4) is 0 Å². The molecule has 0 radical (unpaired) electrons. The van der Waals surface area contributed by atoms with Crippen LogP contribution in [0.1, 0.15) is 50.5 Å². The third-order valence-electron chi connectivity index (χ3n) is 5.93. The fraction of sp³-hybridized carbons (Fsp3) is 0.727. The standard InChI is InChI=1S/C22H37FN6O3/c1-5-19-25-18(20(23)21(26-19)28(4)11-10-27(2)3)13-24-22(31)17(14-29(32)15-30)12-16-8-6-7-9-16/h15-17,32H,5-14H2,1-4H3,(H,24,31)/t17-/m1/s1.